The molecule has 0 aliphatic rings. The Morgan fingerprint density at radius 3 is 2.22 bits per heavy atom. The second-order valence-corrected chi connectivity index (χ2v) is 9.67. The van der Waals surface area contributed by atoms with Crippen LogP contribution in [-0.4, -0.2) is 77.6 Å². The first kappa shape index (κ1) is 31.2. The van der Waals surface area contributed by atoms with Crippen LogP contribution in [0.15, 0.2) is 18.2 Å². The number of hydrogen-bond acceptors (Lipinski definition) is 8. The van der Waals surface area contributed by atoms with Gasteiger partial charge in [-0.05, 0) is 47.1 Å². The van der Waals surface area contributed by atoms with Crippen LogP contribution in [0.2, 0.25) is 0 Å². The molecule has 0 saturated carbocycles. The van der Waals surface area contributed by atoms with Crippen molar-refractivity contribution >= 4 is 36.5 Å². The van der Waals surface area contributed by atoms with Crippen LogP contribution in [-0.2, 0) is 23.9 Å². The van der Waals surface area contributed by atoms with Gasteiger partial charge in [0.2, 0.25) is 11.8 Å². The number of alkyl carbamates (subject to hydrolysis) is 1. The molecule has 0 spiro atoms. The number of ether oxygens (including phenoxy) is 2. The van der Waals surface area contributed by atoms with Crippen molar-refractivity contribution in [2.24, 2.45) is 0 Å². The second kappa shape index (κ2) is 14.7. The smallest absolute Gasteiger partial charge is 0.408 e. The molecule has 0 heterocycles. The summed E-state index contributed by atoms with van der Waals surface area (Å²) in [5, 5.41) is 14.9. The van der Waals surface area contributed by atoms with Gasteiger partial charge in [-0.3, -0.25) is 14.4 Å². The quantitative estimate of drug-likeness (QED) is 0.242. The van der Waals surface area contributed by atoms with Gasteiger partial charge < -0.3 is 30.1 Å². The first-order valence-corrected chi connectivity index (χ1v) is 12.5. The molecule has 0 aliphatic heterocycles. The fourth-order valence-corrected chi connectivity index (χ4v) is 3.82. The Bertz CT molecular complexity index is 897. The van der Waals surface area contributed by atoms with Crippen molar-refractivity contribution < 1.29 is 33.8 Å². The lowest BCUT2D eigenvalue weighted by atomic mass is 9.98. The predicted molar refractivity (Wildman–Crippen MR) is 139 cm³/mol. The number of esters is 1. The Morgan fingerprint density at radius 1 is 1.11 bits per heavy atom. The minimum absolute atomic E-state index is 0.00623. The van der Waals surface area contributed by atoms with E-state index in [1.807, 2.05) is 19.9 Å². The Hall–Kier alpha value is -2.79. The molecule has 2 atom stereocenters. The minimum Gasteiger partial charge on any atom is -0.466 e. The minimum atomic E-state index is -1.13. The summed E-state index contributed by atoms with van der Waals surface area (Å²) in [6, 6.07) is 3.23. The fourth-order valence-electron chi connectivity index (χ4n) is 3.57. The van der Waals surface area contributed by atoms with Crippen molar-refractivity contribution in [2.45, 2.75) is 65.6 Å². The maximum absolute atomic E-state index is 13.6. The zero-order valence-corrected chi connectivity index (χ0v) is 22.8. The summed E-state index contributed by atoms with van der Waals surface area (Å²) in [5.41, 5.74) is 1.50. The average molecular weight is 526 g/mol. The van der Waals surface area contributed by atoms with E-state index in [1.165, 1.54) is 4.90 Å². The van der Waals surface area contributed by atoms with E-state index in [0.29, 0.717) is 5.56 Å². The van der Waals surface area contributed by atoms with Crippen molar-refractivity contribution in [3.8, 4) is 0 Å². The number of nitrogens with one attached hydrogen (secondary N) is 2. The summed E-state index contributed by atoms with van der Waals surface area (Å²) >= 11 is 4.21. The number of carbonyl (C=O) groups excluding carboxylic acids is 4. The Morgan fingerprint density at radius 2 is 1.72 bits per heavy atom. The maximum atomic E-state index is 13.6. The number of nitrogens with zero attached hydrogens (tertiary/aromatic N) is 1. The van der Waals surface area contributed by atoms with Crippen LogP contribution in [0.4, 0.5) is 4.79 Å². The molecule has 0 aromatic heterocycles. The monoisotopic (exact) mass is 525 g/mol. The molecule has 0 bridgehead atoms. The predicted octanol–water partition coefficient (Wildman–Crippen LogP) is 2.06. The van der Waals surface area contributed by atoms with E-state index in [0.717, 1.165) is 11.1 Å². The SMILES string of the molecule is CCOC(=O)CCNC(=O)C(c1cc(C)cc(C)c1)N(CCO)C(=O)C(CS)NC(=O)OC(C)(C)C. The summed E-state index contributed by atoms with van der Waals surface area (Å²) in [6.07, 6.45) is -0.840. The van der Waals surface area contributed by atoms with E-state index in [4.69, 9.17) is 9.47 Å². The fraction of sp³-hybridized carbons (Fsp3) is 0.600. The topological polar surface area (TPSA) is 134 Å². The third-order valence-electron chi connectivity index (χ3n) is 4.85. The first-order valence-electron chi connectivity index (χ1n) is 11.9. The number of aliphatic hydroxyl groups is 1. The van der Waals surface area contributed by atoms with Crippen molar-refractivity contribution in [3.05, 3.63) is 34.9 Å². The van der Waals surface area contributed by atoms with Gasteiger partial charge in [0.15, 0.2) is 0 Å². The molecular formula is C25H39N3O7S. The lowest BCUT2D eigenvalue weighted by Crippen LogP contribution is -2.54. The summed E-state index contributed by atoms with van der Waals surface area (Å²) in [7, 11) is 0. The third kappa shape index (κ3) is 10.4. The molecular weight excluding hydrogens is 486 g/mol. The lowest BCUT2D eigenvalue weighted by Gasteiger charge is -2.34. The second-order valence-electron chi connectivity index (χ2n) is 9.31. The van der Waals surface area contributed by atoms with Crippen LogP contribution >= 0.6 is 12.6 Å². The highest BCUT2D eigenvalue weighted by Crippen LogP contribution is 2.25. The van der Waals surface area contributed by atoms with Crippen LogP contribution in [0.25, 0.3) is 0 Å². The van der Waals surface area contributed by atoms with Gasteiger partial charge in [-0.2, -0.15) is 12.6 Å². The summed E-state index contributed by atoms with van der Waals surface area (Å²) in [5.74, 6) is -1.68. The first-order chi connectivity index (χ1) is 16.8. The van der Waals surface area contributed by atoms with Gasteiger partial charge in [0.25, 0.3) is 0 Å². The number of amides is 3. The highest BCUT2D eigenvalue weighted by molar-refractivity contribution is 7.80. The maximum Gasteiger partial charge on any atom is 0.408 e. The highest BCUT2D eigenvalue weighted by Gasteiger charge is 2.35. The largest absolute Gasteiger partial charge is 0.466 e. The zero-order chi connectivity index (χ0) is 27.5. The van der Waals surface area contributed by atoms with Gasteiger partial charge in [0.1, 0.15) is 17.7 Å². The van der Waals surface area contributed by atoms with Crippen molar-refractivity contribution in [2.75, 3.05) is 32.1 Å². The molecule has 2 unspecified atom stereocenters. The van der Waals surface area contributed by atoms with E-state index >= 15 is 0 Å². The number of carbonyl (C=O) groups is 4. The molecule has 1 aromatic rings. The number of aryl methyl sites for hydroxylation is 2. The highest BCUT2D eigenvalue weighted by atomic mass is 32.1. The molecule has 36 heavy (non-hydrogen) atoms. The Labute approximate surface area is 218 Å². The Kier molecular flexibility index (Phi) is 12.8. The normalized spacial score (nSPS) is 12.8. The Balaban J connectivity index is 3.31. The van der Waals surface area contributed by atoms with E-state index in [2.05, 4.69) is 23.3 Å². The zero-order valence-electron chi connectivity index (χ0n) is 21.9. The molecule has 0 saturated heterocycles. The molecule has 3 amide bonds. The van der Waals surface area contributed by atoms with Crippen molar-refractivity contribution in [1.82, 2.24) is 15.5 Å². The number of thiol groups is 1. The number of benzene rings is 1. The van der Waals surface area contributed by atoms with E-state index in [-0.39, 0.29) is 31.9 Å². The summed E-state index contributed by atoms with van der Waals surface area (Å²) in [6.45, 7) is 10.1. The summed E-state index contributed by atoms with van der Waals surface area (Å²) < 4.78 is 10.1. The molecule has 0 aliphatic carbocycles. The lowest BCUT2D eigenvalue weighted by molar-refractivity contribution is -0.144. The molecule has 1 rings (SSSR count). The molecule has 3 N–H and O–H groups in total. The van der Waals surface area contributed by atoms with E-state index < -0.39 is 48.2 Å². The molecule has 202 valence electrons. The number of hydrogen-bond donors (Lipinski definition) is 4. The van der Waals surface area contributed by atoms with Gasteiger partial charge in [0.05, 0.1) is 19.6 Å². The van der Waals surface area contributed by atoms with Crippen LogP contribution in [0.3, 0.4) is 0 Å². The molecule has 1 aromatic carbocycles. The van der Waals surface area contributed by atoms with Crippen LogP contribution in [0.5, 0.6) is 0 Å². The standard InChI is InChI=1S/C25H39N3O7S/c1-7-34-20(30)8-9-26-22(31)21(18-13-16(2)12-17(3)14-18)28(10-11-29)23(32)19(15-36)27-24(33)35-25(4,5)6/h12-14,19,21,29,36H,7-11,15H2,1-6H3,(H,26,31)(H,27,33). The third-order valence-corrected chi connectivity index (χ3v) is 5.21. The van der Waals surface area contributed by atoms with Crippen LogP contribution in [0.1, 0.15) is 56.8 Å². The number of aliphatic hydroxyl groups excluding tert-OH is 1. The molecule has 11 heteroatoms. The van der Waals surface area contributed by atoms with Crippen molar-refractivity contribution in [1.29, 1.82) is 0 Å². The van der Waals surface area contributed by atoms with Gasteiger partial charge >= 0.3 is 12.1 Å². The van der Waals surface area contributed by atoms with Crippen molar-refractivity contribution in [3.63, 3.8) is 0 Å². The van der Waals surface area contributed by atoms with E-state index in [1.54, 1.807) is 39.8 Å². The molecule has 0 fully saturated rings. The molecule has 10 nitrogen and oxygen atoms in total. The van der Waals surface area contributed by atoms with E-state index in [9.17, 15) is 24.3 Å². The van der Waals surface area contributed by atoms with Gasteiger partial charge in [-0.15, -0.1) is 0 Å². The van der Waals surface area contributed by atoms with Gasteiger partial charge in [0, 0.05) is 18.8 Å². The van der Waals surface area contributed by atoms with Crippen LogP contribution in [0, 0.1) is 13.8 Å². The van der Waals surface area contributed by atoms with Crippen LogP contribution < -0.4 is 10.6 Å². The summed E-state index contributed by atoms with van der Waals surface area (Å²) in [4.78, 5) is 52.2. The average Bonchev–Trinajstić information content (AvgIpc) is 2.75. The number of rotatable bonds is 12. The molecule has 0 radical (unpaired) electrons. The van der Waals surface area contributed by atoms with Gasteiger partial charge in [-0.1, -0.05) is 29.3 Å². The van der Waals surface area contributed by atoms with Gasteiger partial charge in [-0.25, -0.2) is 4.79 Å².